The van der Waals surface area contributed by atoms with E-state index in [9.17, 15) is 10.1 Å². The van der Waals surface area contributed by atoms with E-state index in [2.05, 4.69) is 6.92 Å². The smallest absolute Gasteiger partial charge is 0.242 e. The molecule has 0 spiro atoms. The maximum atomic E-state index is 10.9. The van der Waals surface area contributed by atoms with Crippen molar-refractivity contribution >= 4 is 0 Å². The van der Waals surface area contributed by atoms with Gasteiger partial charge in [0.05, 0.1) is 4.92 Å². The highest BCUT2D eigenvalue weighted by molar-refractivity contribution is 4.97. The first-order valence-electron chi connectivity index (χ1n) is 6.59. The molecule has 0 aliphatic heterocycles. The van der Waals surface area contributed by atoms with Crippen molar-refractivity contribution in [3.8, 4) is 0 Å². The minimum atomic E-state index is -0.176. The topological polar surface area (TPSA) is 43.1 Å². The lowest BCUT2D eigenvalue weighted by atomic mass is 9.88. The van der Waals surface area contributed by atoms with Crippen LogP contribution in [0.5, 0.6) is 0 Å². The molecule has 92 valence electrons. The number of unbranched alkanes of at least 4 members (excludes halogenated alkanes) is 2. The zero-order valence-electron chi connectivity index (χ0n) is 10.3. The molecule has 0 N–H and O–H groups in total. The van der Waals surface area contributed by atoms with E-state index in [4.69, 9.17) is 0 Å². The quantitative estimate of drug-likeness (QED) is 0.384. The molecule has 0 aromatic carbocycles. The highest BCUT2D eigenvalue weighted by Crippen LogP contribution is 2.26. The molecule has 0 atom stereocenters. The van der Waals surface area contributed by atoms with Gasteiger partial charge in [0.15, 0.2) is 0 Å². The molecule has 0 unspecified atom stereocenters. The van der Waals surface area contributed by atoms with Gasteiger partial charge in [0, 0.05) is 6.42 Å². The molecule has 1 aliphatic rings. The van der Waals surface area contributed by atoms with E-state index < -0.39 is 0 Å². The molecule has 0 bridgehead atoms. The van der Waals surface area contributed by atoms with Crippen LogP contribution >= 0.6 is 0 Å². The summed E-state index contributed by atoms with van der Waals surface area (Å²) in [5.74, 6) is 0.468. The van der Waals surface area contributed by atoms with Crippen LogP contribution < -0.4 is 0 Å². The third kappa shape index (κ3) is 4.77. The average Bonchev–Trinajstić information content (AvgIpc) is 2.29. The van der Waals surface area contributed by atoms with Crippen molar-refractivity contribution in [2.45, 2.75) is 64.7 Å². The van der Waals surface area contributed by atoms with Gasteiger partial charge in [-0.05, 0) is 31.3 Å². The molecule has 3 nitrogen and oxygen atoms in total. The standard InChI is InChI=1S/C13H23NO2/c1-2-3-5-10-13(14(15)16)11-12-8-6-4-7-9-12/h11-12H,2-10H2,1H3/b13-11-. The van der Waals surface area contributed by atoms with Gasteiger partial charge in [0.1, 0.15) is 0 Å². The summed E-state index contributed by atoms with van der Waals surface area (Å²) in [7, 11) is 0. The number of allylic oxidation sites excluding steroid dienone is 2. The van der Waals surface area contributed by atoms with Gasteiger partial charge in [-0.15, -0.1) is 0 Å². The molecule has 1 saturated carbocycles. The van der Waals surface area contributed by atoms with Gasteiger partial charge in [0.25, 0.3) is 0 Å². The number of nitro groups is 1. The molecular formula is C13H23NO2. The van der Waals surface area contributed by atoms with Gasteiger partial charge < -0.3 is 0 Å². The maximum absolute atomic E-state index is 10.9. The molecule has 0 heterocycles. The Bertz CT molecular complexity index is 242. The van der Waals surface area contributed by atoms with E-state index >= 15 is 0 Å². The Labute approximate surface area is 98.1 Å². The largest absolute Gasteiger partial charge is 0.259 e. The second kappa shape index (κ2) is 7.42. The first-order chi connectivity index (χ1) is 7.74. The average molecular weight is 225 g/mol. The molecule has 0 amide bonds. The van der Waals surface area contributed by atoms with E-state index in [1.807, 2.05) is 6.08 Å². The number of rotatable bonds is 6. The summed E-state index contributed by atoms with van der Waals surface area (Å²) in [5.41, 5.74) is 0.459. The summed E-state index contributed by atoms with van der Waals surface area (Å²) < 4.78 is 0. The second-order valence-electron chi connectivity index (χ2n) is 4.77. The predicted octanol–water partition coefficient (Wildman–Crippen LogP) is 4.31. The Morgan fingerprint density at radius 2 is 2.00 bits per heavy atom. The van der Waals surface area contributed by atoms with Crippen molar-refractivity contribution in [3.05, 3.63) is 21.9 Å². The summed E-state index contributed by atoms with van der Waals surface area (Å²) in [6, 6.07) is 0. The SMILES string of the molecule is CCCCC/C(=C/C1CCCCC1)[N+](=O)[O-]. The van der Waals surface area contributed by atoms with E-state index in [1.165, 1.54) is 19.3 Å². The van der Waals surface area contributed by atoms with Crippen LogP contribution in [0.1, 0.15) is 64.7 Å². The van der Waals surface area contributed by atoms with Gasteiger partial charge in [-0.3, -0.25) is 10.1 Å². The van der Waals surface area contributed by atoms with Crippen molar-refractivity contribution in [1.29, 1.82) is 0 Å². The lowest BCUT2D eigenvalue weighted by molar-refractivity contribution is -0.428. The summed E-state index contributed by atoms with van der Waals surface area (Å²) in [6.45, 7) is 2.12. The number of hydrogen-bond donors (Lipinski definition) is 0. The normalized spacial score (nSPS) is 18.7. The fourth-order valence-electron chi connectivity index (χ4n) is 2.36. The summed E-state index contributed by atoms with van der Waals surface area (Å²) in [5, 5.41) is 10.9. The second-order valence-corrected chi connectivity index (χ2v) is 4.77. The van der Waals surface area contributed by atoms with E-state index in [0.717, 1.165) is 32.1 Å². The van der Waals surface area contributed by atoms with Gasteiger partial charge in [-0.2, -0.15) is 0 Å². The number of nitrogens with zero attached hydrogens (tertiary/aromatic N) is 1. The van der Waals surface area contributed by atoms with Crippen LogP contribution in [0.2, 0.25) is 0 Å². The molecule has 0 saturated heterocycles. The van der Waals surface area contributed by atoms with Crippen molar-refractivity contribution < 1.29 is 4.92 Å². The molecule has 3 heteroatoms. The Morgan fingerprint density at radius 1 is 1.31 bits per heavy atom. The summed E-state index contributed by atoms with van der Waals surface area (Å²) in [4.78, 5) is 10.7. The Hall–Kier alpha value is -0.860. The Kier molecular flexibility index (Phi) is 6.12. The Balaban J connectivity index is 2.46. The third-order valence-corrected chi connectivity index (χ3v) is 3.35. The molecule has 16 heavy (non-hydrogen) atoms. The Morgan fingerprint density at radius 3 is 2.56 bits per heavy atom. The van der Waals surface area contributed by atoms with Gasteiger partial charge in [-0.1, -0.05) is 39.0 Å². The highest BCUT2D eigenvalue weighted by atomic mass is 16.6. The molecule has 1 rings (SSSR count). The van der Waals surface area contributed by atoms with Crippen molar-refractivity contribution in [1.82, 2.24) is 0 Å². The van der Waals surface area contributed by atoms with Gasteiger partial charge in [0.2, 0.25) is 5.70 Å². The first kappa shape index (κ1) is 13.2. The molecule has 1 fully saturated rings. The minimum absolute atomic E-state index is 0.176. The molecular weight excluding hydrogens is 202 g/mol. The van der Waals surface area contributed by atoms with Gasteiger partial charge in [-0.25, -0.2) is 0 Å². The van der Waals surface area contributed by atoms with Crippen molar-refractivity contribution in [2.24, 2.45) is 5.92 Å². The fraction of sp³-hybridized carbons (Fsp3) is 0.846. The first-order valence-corrected chi connectivity index (χ1v) is 6.59. The monoisotopic (exact) mass is 225 g/mol. The van der Waals surface area contributed by atoms with Crippen LogP contribution in [-0.2, 0) is 0 Å². The maximum Gasteiger partial charge on any atom is 0.242 e. The van der Waals surface area contributed by atoms with Crippen LogP contribution in [-0.4, -0.2) is 4.92 Å². The van der Waals surface area contributed by atoms with E-state index in [0.29, 0.717) is 18.0 Å². The molecule has 0 aromatic heterocycles. The third-order valence-electron chi connectivity index (χ3n) is 3.35. The zero-order chi connectivity index (χ0) is 11.8. The van der Waals surface area contributed by atoms with Gasteiger partial charge >= 0.3 is 0 Å². The number of hydrogen-bond acceptors (Lipinski definition) is 2. The van der Waals surface area contributed by atoms with E-state index in [-0.39, 0.29) is 4.92 Å². The lowest BCUT2D eigenvalue weighted by Crippen LogP contribution is -2.07. The van der Waals surface area contributed by atoms with Crippen LogP contribution in [0.25, 0.3) is 0 Å². The summed E-state index contributed by atoms with van der Waals surface area (Å²) in [6.07, 6.45) is 11.8. The van der Waals surface area contributed by atoms with Crippen molar-refractivity contribution in [3.63, 3.8) is 0 Å². The summed E-state index contributed by atoms with van der Waals surface area (Å²) >= 11 is 0. The minimum Gasteiger partial charge on any atom is -0.259 e. The van der Waals surface area contributed by atoms with Crippen LogP contribution in [0.3, 0.4) is 0 Å². The van der Waals surface area contributed by atoms with Crippen LogP contribution in [0.15, 0.2) is 11.8 Å². The van der Waals surface area contributed by atoms with Crippen LogP contribution in [0.4, 0.5) is 0 Å². The predicted molar refractivity (Wildman–Crippen MR) is 65.8 cm³/mol. The zero-order valence-corrected chi connectivity index (χ0v) is 10.3. The van der Waals surface area contributed by atoms with E-state index in [1.54, 1.807) is 0 Å². The fourth-order valence-corrected chi connectivity index (χ4v) is 2.36. The van der Waals surface area contributed by atoms with Crippen LogP contribution in [0, 0.1) is 16.0 Å². The molecule has 1 aliphatic carbocycles. The lowest BCUT2D eigenvalue weighted by Gasteiger charge is -2.17. The highest BCUT2D eigenvalue weighted by Gasteiger charge is 2.17. The van der Waals surface area contributed by atoms with Crippen molar-refractivity contribution in [2.75, 3.05) is 0 Å². The molecule has 0 radical (unpaired) electrons. The molecule has 0 aromatic rings.